The summed E-state index contributed by atoms with van der Waals surface area (Å²) in [7, 11) is 1.91. The van der Waals surface area contributed by atoms with Gasteiger partial charge < -0.3 is 33.5 Å². The molecule has 9 atom stereocenters. The average Bonchev–Trinajstić information content (AvgIpc) is 0.791. The Morgan fingerprint density at radius 1 is 0.468 bits per heavy atom. The van der Waals surface area contributed by atoms with E-state index in [9.17, 15) is 56.3 Å². The van der Waals surface area contributed by atoms with Crippen molar-refractivity contribution in [1.82, 2.24) is 56.4 Å². The van der Waals surface area contributed by atoms with Gasteiger partial charge in [0.25, 0.3) is 0 Å². The molecule has 26 nitrogen and oxygen atoms in total. The number of pyridine rings is 1. The van der Waals surface area contributed by atoms with E-state index in [1.165, 1.54) is 18.5 Å². The number of rotatable bonds is 3. The van der Waals surface area contributed by atoms with Crippen LogP contribution in [0.4, 0.5) is 44.6 Å². The molecule has 0 aliphatic carbocycles. The monoisotopic (exact) mass is 1290 g/mol. The van der Waals surface area contributed by atoms with Crippen LogP contribution in [0.5, 0.6) is 0 Å². The van der Waals surface area contributed by atoms with E-state index in [2.05, 4.69) is 61.6 Å². The molecular formula is C65H65F3N14O12. The Kier molecular flexibility index (Phi) is 15.5. The van der Waals surface area contributed by atoms with Gasteiger partial charge in [-0.15, -0.1) is 0 Å². The number of alkyl halides is 3. The van der Waals surface area contributed by atoms with Crippen molar-refractivity contribution in [2.75, 3.05) is 34.3 Å². The number of fused-ring (bicyclic) bond motifs is 12. The van der Waals surface area contributed by atoms with Crippen molar-refractivity contribution in [3.63, 3.8) is 0 Å². The van der Waals surface area contributed by atoms with E-state index in [-0.39, 0.29) is 55.5 Å². The summed E-state index contributed by atoms with van der Waals surface area (Å²) in [6.07, 6.45) is 2.51. The number of hydrogen-bond donors (Lipinski definition) is 6. The Hall–Kier alpha value is -10.0. The van der Waals surface area contributed by atoms with Gasteiger partial charge in [-0.3, -0.25) is 60.7 Å². The zero-order chi connectivity index (χ0) is 66.7. The van der Waals surface area contributed by atoms with Gasteiger partial charge in [-0.05, 0) is 132 Å². The number of halogens is 3. The van der Waals surface area contributed by atoms with E-state index in [0.29, 0.717) is 30.8 Å². The number of urea groups is 3. The van der Waals surface area contributed by atoms with Gasteiger partial charge in [-0.2, -0.15) is 13.2 Å². The van der Waals surface area contributed by atoms with Crippen molar-refractivity contribution in [2.24, 2.45) is 23.3 Å². The lowest BCUT2D eigenvalue weighted by molar-refractivity contribution is -0.154. The number of benzene rings is 3. The fourth-order valence-corrected chi connectivity index (χ4v) is 15.7. The first-order valence-corrected chi connectivity index (χ1v) is 30.6. The van der Waals surface area contributed by atoms with Gasteiger partial charge in [-0.1, -0.05) is 24.3 Å². The molecular weight excluding hydrogens is 1230 g/mol. The molecule has 0 radical (unpaired) electrons. The van der Waals surface area contributed by atoms with Crippen molar-refractivity contribution in [3.05, 3.63) is 126 Å². The summed E-state index contributed by atoms with van der Waals surface area (Å²) < 4.78 is 59.4. The van der Waals surface area contributed by atoms with Gasteiger partial charge >= 0.3 is 24.3 Å². The summed E-state index contributed by atoms with van der Waals surface area (Å²) in [5.74, 6) is -3.78. The maximum atomic E-state index is 13.2. The van der Waals surface area contributed by atoms with Crippen LogP contribution in [0.25, 0.3) is 33.6 Å². The number of anilines is 3. The molecule has 0 bridgehead atoms. The predicted octanol–water partition coefficient (Wildman–Crippen LogP) is 4.67. The van der Waals surface area contributed by atoms with E-state index < -0.39 is 106 Å². The molecule has 94 heavy (non-hydrogen) atoms. The molecule has 12 amide bonds. The molecule has 9 aliphatic rings. The molecule has 9 aliphatic heterocycles. The van der Waals surface area contributed by atoms with E-state index in [4.69, 9.17) is 14.2 Å². The normalized spacial score (nSPS) is 26.8. The van der Waals surface area contributed by atoms with E-state index in [1.807, 2.05) is 87.5 Å². The molecule has 0 unspecified atom stereocenters. The third kappa shape index (κ3) is 10.3. The predicted molar refractivity (Wildman–Crippen MR) is 328 cm³/mol. The number of amides is 12. The van der Waals surface area contributed by atoms with Crippen molar-refractivity contribution in [3.8, 4) is 33.6 Å². The van der Waals surface area contributed by atoms with E-state index in [0.717, 1.165) is 56.6 Å². The molecule has 12 heterocycles. The van der Waals surface area contributed by atoms with Gasteiger partial charge in [0.2, 0.25) is 35.4 Å². The Balaban J connectivity index is 0.000000128. The van der Waals surface area contributed by atoms with E-state index >= 15 is 0 Å². The molecule has 0 saturated carbocycles. The number of ether oxygens (including phenoxy) is 3. The minimum Gasteiger partial charge on any atom is -0.372 e. The molecule has 29 heteroatoms. The Morgan fingerprint density at radius 3 is 1.22 bits per heavy atom. The summed E-state index contributed by atoms with van der Waals surface area (Å²) in [5, 5.41) is 13.6. The van der Waals surface area contributed by atoms with Crippen molar-refractivity contribution >= 4 is 70.6 Å². The van der Waals surface area contributed by atoms with Gasteiger partial charge in [0, 0.05) is 72.8 Å². The van der Waals surface area contributed by atoms with Gasteiger partial charge in [0.1, 0.15) is 12.0 Å². The summed E-state index contributed by atoms with van der Waals surface area (Å²) in [6, 6.07) is 16.6. The number of aromatic nitrogens is 5. The van der Waals surface area contributed by atoms with Crippen LogP contribution in [0.15, 0.2) is 104 Å². The topological polar surface area (TPSA) is 320 Å². The van der Waals surface area contributed by atoms with E-state index in [1.54, 1.807) is 50.0 Å². The Morgan fingerprint density at radius 2 is 0.840 bits per heavy atom. The van der Waals surface area contributed by atoms with Gasteiger partial charge in [-0.25, -0.2) is 34.3 Å². The molecule has 6 fully saturated rings. The maximum Gasteiger partial charge on any atom is 0.433 e. The second-order valence-electron chi connectivity index (χ2n) is 25.4. The number of carbonyl (C=O) groups excluding carboxylic acids is 9. The lowest BCUT2D eigenvalue weighted by Crippen LogP contribution is -2.75. The average molecular weight is 1290 g/mol. The fourth-order valence-electron chi connectivity index (χ4n) is 15.7. The first kappa shape index (κ1) is 62.8. The minimum absolute atomic E-state index is 0.0523. The fraction of sp³-hybridized carbons (Fsp3) is 0.400. The largest absolute Gasteiger partial charge is 0.433 e. The zero-order valence-corrected chi connectivity index (χ0v) is 51.9. The zero-order valence-electron chi connectivity index (χ0n) is 51.9. The minimum atomic E-state index is -4.59. The first-order valence-electron chi connectivity index (χ1n) is 30.6. The summed E-state index contributed by atoms with van der Waals surface area (Å²) in [6.45, 7) is 12.8. The highest BCUT2D eigenvalue weighted by atomic mass is 19.4. The second kappa shape index (κ2) is 23.2. The molecule has 3 aromatic carbocycles. The lowest BCUT2D eigenvalue weighted by atomic mass is 9.66. The molecule has 15 rings (SSSR count). The number of imide groups is 6. The van der Waals surface area contributed by atoms with Gasteiger partial charge in [0.15, 0.2) is 16.2 Å². The standard InChI is InChI=1S/C23H21F3N4O4.C21H23N5O4.C21H21N5O4/c1-11-10-30-16-7-6-13(15-4-3-5-17(27-15)23(24,25)26)8-14(16)9-22(18(30)12(2)34-11)19(31)28-21(33)29-20(22)32;1-11-9-26-15-5-4-13(16-8-22-10-25(16)3)6-14(15)7-21(17(26)12(2)30-11)18(27)23-20(29)24-19(21)28;1-11-9-26-16-4-3-13(15-7-22-10-23-8-15)5-14(16)6-21(17(26)12(2)30-11)18(27)24-20(29)25-19(21)28/h3-8,11-12,18H,9-10H2,1-2H3,(H2,28,29,31,32,33);4-6,8,10-12,17H,7,9H2,1-3H3,(H2,23,24,27,28,29);3-5,7-8,10-12,17H,6,9H2,1-2H3,(H2,24,25,27,28,29)/t11-,12+,18-;2*11-,12+,17-/m111/s1. The van der Waals surface area contributed by atoms with Crippen LogP contribution in [0.1, 0.15) is 63.9 Å². The van der Waals surface area contributed by atoms with Crippen LogP contribution < -0.4 is 46.6 Å². The third-order valence-electron chi connectivity index (χ3n) is 19.3. The number of barbiturate groups is 3. The smallest absolute Gasteiger partial charge is 0.372 e. The molecule has 6 saturated heterocycles. The van der Waals surface area contributed by atoms with Crippen LogP contribution in [0.3, 0.4) is 0 Å². The molecule has 6 N–H and O–H groups in total. The second-order valence-corrected chi connectivity index (χ2v) is 25.4. The van der Waals surface area contributed by atoms with Crippen molar-refractivity contribution in [2.45, 2.75) is 122 Å². The third-order valence-corrected chi connectivity index (χ3v) is 19.3. The number of carbonyl (C=O) groups is 9. The quantitative estimate of drug-likeness (QED) is 0.131. The first-order chi connectivity index (χ1) is 44.7. The SMILES string of the molecule is C[C@@H]1CN2c3ccc(-c4cccc(C(F)(F)F)n4)cc3CC3(C(=O)NC(=O)NC3=O)[C@H]2[C@H](C)O1.C[C@@H]1CN2c3ccc(-c4cncn4C)cc3CC3(C(=O)NC(=O)NC3=O)[C@H]2[C@H](C)O1.C[C@@H]1CN2c3ccc(-c4cncnc4)cc3CC3(C(=O)NC(=O)NC3=O)[C@H]2[C@H](C)O1. The highest BCUT2D eigenvalue weighted by Gasteiger charge is 2.66. The van der Waals surface area contributed by atoms with Crippen LogP contribution in [0, 0.1) is 16.2 Å². The van der Waals surface area contributed by atoms with Crippen LogP contribution >= 0.6 is 0 Å². The van der Waals surface area contributed by atoms with Crippen LogP contribution in [0.2, 0.25) is 0 Å². The maximum absolute atomic E-state index is 13.2. The Labute approximate surface area is 535 Å². The highest BCUT2D eigenvalue weighted by Crippen LogP contribution is 2.51. The van der Waals surface area contributed by atoms with Crippen molar-refractivity contribution in [1.29, 1.82) is 0 Å². The van der Waals surface area contributed by atoms with Gasteiger partial charge in [0.05, 0.1) is 78.7 Å². The molecule has 6 aromatic rings. The molecule has 3 aromatic heterocycles. The number of aryl methyl sites for hydroxylation is 1. The van der Waals surface area contributed by atoms with Crippen LogP contribution in [-0.4, -0.2) is 152 Å². The lowest BCUT2D eigenvalue weighted by Gasteiger charge is -2.55. The van der Waals surface area contributed by atoms with Crippen LogP contribution in [-0.2, 0) is 75.5 Å². The molecule has 3 spiro atoms. The number of hydrogen-bond acceptors (Lipinski definition) is 19. The number of imidazole rings is 1. The number of nitrogens with zero attached hydrogens (tertiary/aromatic N) is 8. The number of morpholine rings is 3. The summed E-state index contributed by atoms with van der Waals surface area (Å²) >= 11 is 0. The van der Waals surface area contributed by atoms with Crippen molar-refractivity contribution < 1.29 is 70.5 Å². The summed E-state index contributed by atoms with van der Waals surface area (Å²) in [5.41, 5.74) is 3.59. The summed E-state index contributed by atoms with van der Waals surface area (Å²) in [4.78, 5) is 136. The highest BCUT2D eigenvalue weighted by molar-refractivity contribution is 6.22. The number of nitrogens with one attached hydrogen (secondary N) is 6. The Bertz CT molecular complexity index is 4130. The molecule has 488 valence electrons.